The molecule has 0 aromatic rings. The van der Waals surface area contributed by atoms with E-state index in [9.17, 15) is 14.4 Å². The SMILES string of the molecule is CCOC(=O)CCCCC(CCSCOC(C)=O)SCOC(C)=O. The van der Waals surface area contributed by atoms with Crippen LogP contribution in [-0.4, -0.2) is 47.4 Å². The van der Waals surface area contributed by atoms with Crippen molar-refractivity contribution in [2.24, 2.45) is 0 Å². The van der Waals surface area contributed by atoms with Gasteiger partial charge in [0.1, 0.15) is 11.9 Å². The highest BCUT2D eigenvalue weighted by Crippen LogP contribution is 2.23. The lowest BCUT2D eigenvalue weighted by Crippen LogP contribution is -2.10. The second-order valence-electron chi connectivity index (χ2n) is 5.04. The van der Waals surface area contributed by atoms with E-state index in [1.54, 1.807) is 30.4 Å². The van der Waals surface area contributed by atoms with Gasteiger partial charge in [-0.2, -0.15) is 0 Å². The van der Waals surface area contributed by atoms with Crippen LogP contribution < -0.4 is 0 Å². The third kappa shape index (κ3) is 16.0. The lowest BCUT2D eigenvalue weighted by atomic mass is 10.1. The average Bonchev–Trinajstić information content (AvgIpc) is 2.50. The molecule has 0 aromatic heterocycles. The topological polar surface area (TPSA) is 78.9 Å². The van der Waals surface area contributed by atoms with Gasteiger partial charge in [-0.05, 0) is 31.9 Å². The van der Waals surface area contributed by atoms with Gasteiger partial charge in [0.15, 0.2) is 0 Å². The fraction of sp³-hybridized carbons (Fsp3) is 0.812. The van der Waals surface area contributed by atoms with Crippen molar-refractivity contribution in [3.63, 3.8) is 0 Å². The van der Waals surface area contributed by atoms with Crippen molar-refractivity contribution in [1.82, 2.24) is 0 Å². The molecule has 0 saturated carbocycles. The number of esters is 3. The summed E-state index contributed by atoms with van der Waals surface area (Å²) in [5, 5.41) is 0.344. The Labute approximate surface area is 152 Å². The molecule has 0 rings (SSSR count). The van der Waals surface area contributed by atoms with Gasteiger partial charge in [0, 0.05) is 25.5 Å². The van der Waals surface area contributed by atoms with Crippen LogP contribution in [0, 0.1) is 0 Å². The van der Waals surface area contributed by atoms with Gasteiger partial charge in [0.2, 0.25) is 0 Å². The average molecular weight is 381 g/mol. The number of unbranched alkanes of at least 4 members (excludes halogenated alkanes) is 1. The maximum absolute atomic E-state index is 11.3. The standard InChI is InChI=1S/C16H28O6S2/c1-4-20-16(19)8-6-5-7-15(24-12-22-14(3)18)9-10-23-11-21-13(2)17/h15H,4-12H2,1-3H3. The van der Waals surface area contributed by atoms with E-state index in [-0.39, 0.29) is 17.9 Å². The number of hydrogen-bond acceptors (Lipinski definition) is 8. The summed E-state index contributed by atoms with van der Waals surface area (Å²) >= 11 is 3.17. The zero-order valence-electron chi connectivity index (χ0n) is 14.7. The van der Waals surface area contributed by atoms with E-state index in [4.69, 9.17) is 14.2 Å². The molecule has 0 N–H and O–H groups in total. The molecule has 140 valence electrons. The summed E-state index contributed by atoms with van der Waals surface area (Å²) in [6, 6.07) is 0. The molecule has 24 heavy (non-hydrogen) atoms. The van der Waals surface area contributed by atoms with E-state index >= 15 is 0 Å². The number of ether oxygens (including phenoxy) is 3. The van der Waals surface area contributed by atoms with Crippen molar-refractivity contribution in [1.29, 1.82) is 0 Å². The molecular formula is C16H28O6S2. The van der Waals surface area contributed by atoms with Crippen molar-refractivity contribution >= 4 is 41.4 Å². The molecule has 0 aliphatic heterocycles. The van der Waals surface area contributed by atoms with Crippen molar-refractivity contribution in [2.75, 3.05) is 24.2 Å². The highest BCUT2D eigenvalue weighted by atomic mass is 32.2. The number of carbonyl (C=O) groups is 3. The number of thioether (sulfide) groups is 2. The molecule has 0 saturated heterocycles. The van der Waals surface area contributed by atoms with E-state index in [0.717, 1.165) is 31.4 Å². The molecule has 0 aliphatic carbocycles. The van der Waals surface area contributed by atoms with E-state index in [2.05, 4.69) is 0 Å². The highest BCUT2D eigenvalue weighted by molar-refractivity contribution is 8.00. The van der Waals surface area contributed by atoms with Crippen molar-refractivity contribution in [3.05, 3.63) is 0 Å². The largest absolute Gasteiger partial charge is 0.466 e. The van der Waals surface area contributed by atoms with Gasteiger partial charge in [-0.15, -0.1) is 23.5 Å². The first-order chi connectivity index (χ1) is 11.5. The minimum absolute atomic E-state index is 0.154. The number of rotatable bonds is 14. The molecular weight excluding hydrogens is 352 g/mol. The molecule has 6 nitrogen and oxygen atoms in total. The Balaban J connectivity index is 3.96. The van der Waals surface area contributed by atoms with Gasteiger partial charge >= 0.3 is 17.9 Å². The number of hydrogen-bond donors (Lipinski definition) is 0. The van der Waals surface area contributed by atoms with Crippen LogP contribution in [0.2, 0.25) is 0 Å². The zero-order valence-corrected chi connectivity index (χ0v) is 16.3. The third-order valence-electron chi connectivity index (χ3n) is 2.96. The lowest BCUT2D eigenvalue weighted by Gasteiger charge is -2.16. The molecule has 0 aliphatic rings. The molecule has 8 heteroatoms. The smallest absolute Gasteiger partial charge is 0.305 e. The normalized spacial score (nSPS) is 11.6. The highest BCUT2D eigenvalue weighted by Gasteiger charge is 2.11. The summed E-state index contributed by atoms with van der Waals surface area (Å²) in [5.74, 6) is 0.850. The summed E-state index contributed by atoms with van der Waals surface area (Å²) in [6.45, 7) is 5.00. The molecule has 0 spiro atoms. The Morgan fingerprint density at radius 2 is 1.58 bits per heavy atom. The van der Waals surface area contributed by atoms with Gasteiger partial charge in [-0.25, -0.2) is 0 Å². The van der Waals surface area contributed by atoms with Gasteiger partial charge in [-0.1, -0.05) is 6.42 Å². The van der Waals surface area contributed by atoms with Crippen LogP contribution >= 0.6 is 23.5 Å². The van der Waals surface area contributed by atoms with Crippen LogP contribution in [0.1, 0.15) is 52.9 Å². The quantitative estimate of drug-likeness (QED) is 0.196. The van der Waals surface area contributed by atoms with E-state index in [1.807, 2.05) is 0 Å². The summed E-state index contributed by atoms with van der Waals surface area (Å²) in [4.78, 5) is 32.8. The summed E-state index contributed by atoms with van der Waals surface area (Å²) in [5.41, 5.74) is 0. The van der Waals surface area contributed by atoms with Gasteiger partial charge in [-0.3, -0.25) is 14.4 Å². The minimum Gasteiger partial charge on any atom is -0.466 e. The first kappa shape index (κ1) is 23.1. The minimum atomic E-state index is -0.284. The van der Waals surface area contributed by atoms with Crippen molar-refractivity contribution in [2.45, 2.75) is 58.1 Å². The fourth-order valence-corrected chi connectivity index (χ4v) is 3.81. The van der Waals surface area contributed by atoms with Crippen LogP contribution in [0.5, 0.6) is 0 Å². The fourth-order valence-electron chi connectivity index (χ4n) is 1.80. The predicted molar refractivity (Wildman–Crippen MR) is 96.8 cm³/mol. The molecule has 0 bridgehead atoms. The summed E-state index contributed by atoms with van der Waals surface area (Å²) < 4.78 is 14.8. The lowest BCUT2D eigenvalue weighted by molar-refractivity contribution is -0.143. The molecule has 1 unspecified atom stereocenters. The molecule has 0 amide bonds. The van der Waals surface area contributed by atoms with Crippen LogP contribution in [0.15, 0.2) is 0 Å². The Morgan fingerprint density at radius 3 is 2.21 bits per heavy atom. The Bertz CT molecular complexity index is 376. The maximum atomic E-state index is 11.3. The third-order valence-corrected chi connectivity index (χ3v) is 4.96. The van der Waals surface area contributed by atoms with Crippen LogP contribution in [0.4, 0.5) is 0 Å². The molecule has 1 atom stereocenters. The Kier molecular flexibility index (Phi) is 15.0. The Hall–Kier alpha value is -0.890. The molecule has 0 radical (unpaired) electrons. The molecule has 0 heterocycles. The second kappa shape index (κ2) is 15.6. The first-order valence-electron chi connectivity index (χ1n) is 8.07. The van der Waals surface area contributed by atoms with Gasteiger partial charge < -0.3 is 14.2 Å². The molecule has 0 fully saturated rings. The monoisotopic (exact) mass is 380 g/mol. The van der Waals surface area contributed by atoms with Gasteiger partial charge in [0.05, 0.1) is 6.61 Å². The van der Waals surface area contributed by atoms with Crippen molar-refractivity contribution < 1.29 is 28.6 Å². The maximum Gasteiger partial charge on any atom is 0.305 e. The van der Waals surface area contributed by atoms with Crippen LogP contribution in [-0.2, 0) is 28.6 Å². The van der Waals surface area contributed by atoms with Gasteiger partial charge in [0.25, 0.3) is 0 Å². The van der Waals surface area contributed by atoms with E-state index in [0.29, 0.717) is 30.2 Å². The van der Waals surface area contributed by atoms with E-state index in [1.165, 1.54) is 13.8 Å². The molecule has 0 aromatic carbocycles. The van der Waals surface area contributed by atoms with E-state index < -0.39 is 0 Å². The first-order valence-corrected chi connectivity index (χ1v) is 10.3. The summed E-state index contributed by atoms with van der Waals surface area (Å²) in [6.07, 6.45) is 4.03. The zero-order chi connectivity index (χ0) is 18.2. The van der Waals surface area contributed by atoms with Crippen LogP contribution in [0.25, 0.3) is 0 Å². The predicted octanol–water partition coefficient (Wildman–Crippen LogP) is 3.38. The summed E-state index contributed by atoms with van der Waals surface area (Å²) in [7, 11) is 0. The second-order valence-corrected chi connectivity index (χ2v) is 7.33. The Morgan fingerprint density at radius 1 is 0.917 bits per heavy atom. The number of carbonyl (C=O) groups excluding carboxylic acids is 3. The van der Waals surface area contributed by atoms with Crippen LogP contribution in [0.3, 0.4) is 0 Å². The van der Waals surface area contributed by atoms with Crippen molar-refractivity contribution in [3.8, 4) is 0 Å².